The summed E-state index contributed by atoms with van der Waals surface area (Å²) in [5.74, 6) is -2.23. The Labute approximate surface area is 596 Å². The molecule has 0 aliphatic carbocycles. The highest BCUT2D eigenvalue weighted by Gasteiger charge is 2.30. The fraction of sp³-hybridized carbons (Fsp3) is 0.797. The lowest BCUT2D eigenvalue weighted by molar-refractivity contribution is -0.161. The summed E-state index contributed by atoms with van der Waals surface area (Å²) in [6, 6.07) is 0. The number of hydrogen-bond acceptors (Lipinski definition) is 15. The van der Waals surface area contributed by atoms with E-state index in [9.17, 15) is 43.2 Å². The fourth-order valence-corrected chi connectivity index (χ4v) is 12.2. The molecule has 0 rings (SSSR count). The maximum Gasteiger partial charge on any atom is 0.472 e. The van der Waals surface area contributed by atoms with Crippen molar-refractivity contribution in [3.05, 3.63) is 72.9 Å². The van der Waals surface area contributed by atoms with E-state index in [1.807, 2.05) is 12.2 Å². The maximum absolute atomic E-state index is 13.1. The van der Waals surface area contributed by atoms with Crippen LogP contribution in [-0.4, -0.2) is 96.7 Å². The number of hydrogen-bond donors (Lipinski definition) is 3. The van der Waals surface area contributed by atoms with E-state index in [-0.39, 0.29) is 25.7 Å². The first kappa shape index (κ1) is 94.5. The average molecular weight is 1430 g/mol. The average Bonchev–Trinajstić information content (AvgIpc) is 1.05. The van der Waals surface area contributed by atoms with Gasteiger partial charge in [-0.2, -0.15) is 0 Å². The standard InChI is InChI=1S/C79H142O17P2/c1-5-9-13-17-21-25-29-33-35-36-38-42-46-50-54-58-62-66-79(84)96-75(70-90-77(82)64-60-56-52-48-44-40-32-28-24-20-16-12-8-4)72-94-98(87,88)92-68-73(80)67-91-97(85,86)93-71-74(69-89-76(81)63-59-55-51-47-43-39-31-27-23-19-15-11-7-3)95-78(83)65-61-57-53-49-45-41-37-34-30-26-22-18-14-10-6-2/h21,25,27-28,31-33,35,38,42,50,54,73-75,80H,5-20,22-24,26,29-30,34,36-37,39-41,43-49,51-53,55-72H2,1-4H3,(H,85,86)(H,87,88)/b25-21-,31-27-,32-28-,35-33-,42-38-,54-50-/t73-,74+,75+/m0/s1. The van der Waals surface area contributed by atoms with Gasteiger partial charge in [0.25, 0.3) is 0 Å². The largest absolute Gasteiger partial charge is 0.472 e. The van der Waals surface area contributed by atoms with Gasteiger partial charge in [-0.3, -0.25) is 37.3 Å². The third kappa shape index (κ3) is 70.9. The molecule has 0 aromatic heterocycles. The predicted octanol–water partition coefficient (Wildman–Crippen LogP) is 22.4. The Bertz CT molecular complexity index is 2140. The van der Waals surface area contributed by atoms with Crippen molar-refractivity contribution in [2.45, 2.75) is 367 Å². The molecule has 0 radical (unpaired) electrons. The zero-order chi connectivity index (χ0) is 71.8. The molecule has 0 spiro atoms. The van der Waals surface area contributed by atoms with Crippen LogP contribution in [0.1, 0.15) is 349 Å². The molecule has 0 fully saturated rings. The molecule has 19 heteroatoms. The highest BCUT2D eigenvalue weighted by molar-refractivity contribution is 7.47. The van der Waals surface area contributed by atoms with Crippen molar-refractivity contribution in [2.75, 3.05) is 39.6 Å². The zero-order valence-electron chi connectivity index (χ0n) is 62.2. The summed E-state index contributed by atoms with van der Waals surface area (Å²) in [5.41, 5.74) is 0. The number of carbonyl (C=O) groups excluding carboxylic acids is 4. The Kier molecular flexibility index (Phi) is 69.3. The van der Waals surface area contributed by atoms with E-state index in [0.29, 0.717) is 32.1 Å². The van der Waals surface area contributed by atoms with Gasteiger partial charge in [-0.15, -0.1) is 0 Å². The number of unbranched alkanes of at least 4 members (excludes halogenated alkanes) is 36. The van der Waals surface area contributed by atoms with Crippen LogP contribution in [0.4, 0.5) is 0 Å². The van der Waals surface area contributed by atoms with Crippen molar-refractivity contribution in [3.8, 4) is 0 Å². The molecule has 5 atom stereocenters. The van der Waals surface area contributed by atoms with Gasteiger partial charge in [-0.25, -0.2) is 9.13 Å². The lowest BCUT2D eigenvalue weighted by atomic mass is 10.0. The summed E-state index contributed by atoms with van der Waals surface area (Å²) >= 11 is 0. The van der Waals surface area contributed by atoms with Crippen molar-refractivity contribution in [3.63, 3.8) is 0 Å². The quantitative estimate of drug-likeness (QED) is 0.0169. The van der Waals surface area contributed by atoms with Crippen molar-refractivity contribution >= 4 is 39.5 Å². The van der Waals surface area contributed by atoms with Gasteiger partial charge in [0.15, 0.2) is 12.2 Å². The highest BCUT2D eigenvalue weighted by atomic mass is 31.2. The molecule has 0 saturated heterocycles. The van der Waals surface area contributed by atoms with Crippen LogP contribution in [0.5, 0.6) is 0 Å². The summed E-state index contributed by atoms with van der Waals surface area (Å²) in [6.45, 7) is 4.79. The molecule has 0 bridgehead atoms. The second-order valence-electron chi connectivity index (χ2n) is 26.3. The van der Waals surface area contributed by atoms with Gasteiger partial charge in [-0.1, -0.05) is 280 Å². The number of allylic oxidation sites excluding steroid dienone is 12. The molecule has 0 aromatic carbocycles. The van der Waals surface area contributed by atoms with Gasteiger partial charge >= 0.3 is 39.5 Å². The van der Waals surface area contributed by atoms with E-state index in [1.165, 1.54) is 135 Å². The molecule has 2 unspecified atom stereocenters. The Balaban J connectivity index is 5.38. The van der Waals surface area contributed by atoms with Crippen LogP contribution in [-0.2, 0) is 65.4 Å². The first-order chi connectivity index (χ1) is 47.7. The molecular formula is C79H142O17P2. The van der Waals surface area contributed by atoms with Gasteiger partial charge in [-0.05, 0) is 116 Å². The topological polar surface area (TPSA) is 237 Å². The van der Waals surface area contributed by atoms with E-state index in [2.05, 4.69) is 88.5 Å². The number of ether oxygens (including phenoxy) is 4. The van der Waals surface area contributed by atoms with Crippen LogP contribution < -0.4 is 0 Å². The van der Waals surface area contributed by atoms with Crippen LogP contribution in [0.2, 0.25) is 0 Å². The molecule has 98 heavy (non-hydrogen) atoms. The predicted molar refractivity (Wildman–Crippen MR) is 400 cm³/mol. The number of aliphatic hydroxyl groups is 1. The summed E-state index contributed by atoms with van der Waals surface area (Å²) in [4.78, 5) is 72.8. The number of esters is 4. The number of rotatable bonds is 74. The van der Waals surface area contributed by atoms with E-state index in [1.54, 1.807) is 0 Å². The number of phosphoric acid groups is 2. The molecule has 0 aliphatic rings. The number of phosphoric ester groups is 2. The lowest BCUT2D eigenvalue weighted by Crippen LogP contribution is -2.30. The number of aliphatic hydroxyl groups excluding tert-OH is 1. The second kappa shape index (κ2) is 71.9. The summed E-state index contributed by atoms with van der Waals surface area (Å²) in [7, 11) is -9.96. The van der Waals surface area contributed by atoms with E-state index in [0.717, 1.165) is 128 Å². The van der Waals surface area contributed by atoms with E-state index >= 15 is 0 Å². The lowest BCUT2D eigenvalue weighted by Gasteiger charge is -2.21. The minimum absolute atomic E-state index is 0.0200. The first-order valence-electron chi connectivity index (χ1n) is 39.2. The molecule has 0 heterocycles. The van der Waals surface area contributed by atoms with Gasteiger partial charge in [0, 0.05) is 25.7 Å². The van der Waals surface area contributed by atoms with Crippen LogP contribution >= 0.6 is 15.6 Å². The van der Waals surface area contributed by atoms with Crippen molar-refractivity contribution in [1.82, 2.24) is 0 Å². The van der Waals surface area contributed by atoms with Crippen LogP contribution in [0.15, 0.2) is 72.9 Å². The Morgan fingerprint density at radius 1 is 0.286 bits per heavy atom. The highest BCUT2D eigenvalue weighted by Crippen LogP contribution is 2.45. The molecule has 0 aromatic rings. The maximum atomic E-state index is 13.1. The molecule has 3 N–H and O–H groups in total. The van der Waals surface area contributed by atoms with Crippen LogP contribution in [0.3, 0.4) is 0 Å². The smallest absolute Gasteiger partial charge is 0.462 e. The van der Waals surface area contributed by atoms with Gasteiger partial charge in [0.2, 0.25) is 0 Å². The summed E-state index contributed by atoms with van der Waals surface area (Å²) < 4.78 is 68.5. The third-order valence-electron chi connectivity index (χ3n) is 16.6. The van der Waals surface area contributed by atoms with Gasteiger partial charge in [0.1, 0.15) is 19.3 Å². The Morgan fingerprint density at radius 2 is 0.510 bits per heavy atom. The molecule has 17 nitrogen and oxygen atoms in total. The third-order valence-corrected chi connectivity index (χ3v) is 18.5. The number of carbonyl (C=O) groups is 4. The molecule has 0 saturated carbocycles. The first-order valence-corrected chi connectivity index (χ1v) is 42.2. The Morgan fingerprint density at radius 3 is 0.847 bits per heavy atom. The van der Waals surface area contributed by atoms with E-state index < -0.39 is 97.5 Å². The Hall–Kier alpha value is -3.50. The molecule has 0 amide bonds. The molecular weight excluding hydrogens is 1280 g/mol. The van der Waals surface area contributed by atoms with Crippen molar-refractivity contribution in [1.29, 1.82) is 0 Å². The minimum Gasteiger partial charge on any atom is -0.462 e. The van der Waals surface area contributed by atoms with Crippen molar-refractivity contribution < 1.29 is 80.2 Å². The van der Waals surface area contributed by atoms with E-state index in [4.69, 9.17) is 37.0 Å². The zero-order valence-corrected chi connectivity index (χ0v) is 64.0. The normalized spacial score (nSPS) is 14.3. The SMILES string of the molecule is CCCCC/C=C\C/C=C\C/C=C\C/C=C\CCCC(=O)O[C@H](COC(=O)CCCCCCC/C=C\CCCCCC)COP(=O)(O)OC[C@@H](O)COP(=O)(O)OC[C@@H](COC(=O)CCCCCCC/C=C\CCCCCC)OC(=O)CCCCCCCCCCCCCCCCC. The molecule has 570 valence electrons. The summed E-state index contributed by atoms with van der Waals surface area (Å²) in [6.07, 6.45) is 71.8. The minimum atomic E-state index is -4.99. The van der Waals surface area contributed by atoms with Crippen LogP contribution in [0.25, 0.3) is 0 Å². The monoisotopic (exact) mass is 1420 g/mol. The summed E-state index contributed by atoms with van der Waals surface area (Å²) in [5, 5.41) is 10.6. The second-order valence-corrected chi connectivity index (χ2v) is 29.2. The van der Waals surface area contributed by atoms with Crippen molar-refractivity contribution in [2.24, 2.45) is 0 Å². The van der Waals surface area contributed by atoms with Gasteiger partial charge in [0.05, 0.1) is 26.4 Å². The fourth-order valence-electron chi connectivity index (χ4n) is 10.6. The van der Waals surface area contributed by atoms with Gasteiger partial charge < -0.3 is 33.8 Å². The molecule has 0 aliphatic heterocycles. The van der Waals surface area contributed by atoms with Crippen LogP contribution in [0, 0.1) is 0 Å².